The van der Waals surface area contributed by atoms with Gasteiger partial charge in [0.2, 0.25) is 0 Å². The van der Waals surface area contributed by atoms with E-state index >= 15 is 0 Å². The van der Waals surface area contributed by atoms with E-state index in [1.165, 1.54) is 10.8 Å². The van der Waals surface area contributed by atoms with Crippen LogP contribution >= 0.6 is 0 Å². The molecule has 0 aliphatic carbocycles. The zero-order valence-corrected chi connectivity index (χ0v) is 26.8. The van der Waals surface area contributed by atoms with Gasteiger partial charge >= 0.3 is 17.1 Å². The molecular formula is C38H38CuN4O2. The van der Waals surface area contributed by atoms with Crippen molar-refractivity contribution in [3.05, 3.63) is 109 Å². The number of fused-ring (bicyclic) bond motifs is 4. The van der Waals surface area contributed by atoms with Gasteiger partial charge in [0, 0.05) is 22.9 Å². The molecule has 45 heavy (non-hydrogen) atoms. The first kappa shape index (κ1) is 33.6. The van der Waals surface area contributed by atoms with Crippen LogP contribution in [0.1, 0.15) is 27.7 Å². The molecule has 6 aromatic rings. The summed E-state index contributed by atoms with van der Waals surface area (Å²) in [6.07, 6.45) is 0. The van der Waals surface area contributed by atoms with Gasteiger partial charge in [-0.15, -0.1) is 0 Å². The maximum Gasteiger partial charge on any atom is 2.00 e. The fraction of sp³-hybridized carbons (Fsp3) is 0.211. The Hall–Kier alpha value is -4.26. The molecular weight excluding hydrogens is 608 g/mol. The van der Waals surface area contributed by atoms with Gasteiger partial charge in [0.05, 0.1) is 11.4 Å². The van der Waals surface area contributed by atoms with Crippen LogP contribution in [0.2, 0.25) is 0 Å². The summed E-state index contributed by atoms with van der Waals surface area (Å²) < 4.78 is 0. The Labute approximate surface area is 275 Å². The molecule has 6 rings (SSSR count). The smallest absolute Gasteiger partial charge is 0.861 e. The van der Waals surface area contributed by atoms with E-state index in [0.29, 0.717) is 11.4 Å². The first-order valence-corrected chi connectivity index (χ1v) is 15.0. The van der Waals surface area contributed by atoms with E-state index in [9.17, 15) is 10.2 Å². The average Bonchev–Trinajstić information content (AvgIpc) is 3.02. The minimum atomic E-state index is -0.560. The van der Waals surface area contributed by atoms with Crippen molar-refractivity contribution >= 4 is 66.3 Å². The van der Waals surface area contributed by atoms with Crippen LogP contribution in [0.4, 0.5) is 11.4 Å². The second kappa shape index (κ2) is 14.7. The van der Waals surface area contributed by atoms with Crippen LogP contribution < -0.4 is 21.7 Å². The second-order valence-corrected chi connectivity index (χ2v) is 11.8. The molecule has 0 aliphatic rings. The van der Waals surface area contributed by atoms with Gasteiger partial charge in [0.1, 0.15) is 0 Å². The summed E-state index contributed by atoms with van der Waals surface area (Å²) in [7, 11) is 0. The maximum atomic E-state index is 12.2. The summed E-state index contributed by atoms with van der Waals surface area (Å²) in [4.78, 5) is 8.50. The predicted molar refractivity (Wildman–Crippen MR) is 183 cm³/mol. The van der Waals surface area contributed by atoms with Gasteiger partial charge < -0.3 is 21.7 Å². The van der Waals surface area contributed by atoms with Crippen LogP contribution in [0, 0.1) is 11.8 Å². The fourth-order valence-electron chi connectivity index (χ4n) is 5.05. The molecule has 0 amide bonds. The summed E-state index contributed by atoms with van der Waals surface area (Å²) in [6, 6.07) is 35.3. The van der Waals surface area contributed by atoms with Gasteiger partial charge in [0.15, 0.2) is 0 Å². The van der Waals surface area contributed by atoms with E-state index in [0.717, 1.165) is 32.3 Å². The van der Waals surface area contributed by atoms with E-state index < -0.39 is 12.1 Å². The van der Waals surface area contributed by atoms with Crippen LogP contribution in [0.25, 0.3) is 43.1 Å². The Balaban J connectivity index is 0.000000200. The van der Waals surface area contributed by atoms with E-state index in [1.54, 1.807) is 0 Å². The maximum absolute atomic E-state index is 12.2. The van der Waals surface area contributed by atoms with Crippen molar-refractivity contribution in [3.63, 3.8) is 0 Å². The third-order valence-corrected chi connectivity index (χ3v) is 7.92. The first-order chi connectivity index (χ1) is 21.1. The van der Waals surface area contributed by atoms with Crippen LogP contribution in [-0.2, 0) is 17.1 Å². The monoisotopic (exact) mass is 645 g/mol. The molecule has 6 aromatic carbocycles. The average molecular weight is 646 g/mol. The van der Waals surface area contributed by atoms with E-state index in [2.05, 4.69) is 58.5 Å². The second-order valence-electron chi connectivity index (χ2n) is 11.8. The SMILES string of the molecule is CC(C)C(N)C([O-])=Nc1cccc2cc3ccccc3cc12.CC(C)C(N)C([O-])=Nc1cccc2cc3ccccc3cc12.[Cu+2]. The van der Waals surface area contributed by atoms with Crippen LogP contribution in [0.5, 0.6) is 0 Å². The molecule has 0 bridgehead atoms. The minimum Gasteiger partial charge on any atom is -0.861 e. The van der Waals surface area contributed by atoms with Crippen molar-refractivity contribution in [2.24, 2.45) is 33.3 Å². The molecule has 2 atom stereocenters. The molecule has 0 heterocycles. The van der Waals surface area contributed by atoms with Gasteiger partial charge in [-0.1, -0.05) is 100 Å². The van der Waals surface area contributed by atoms with Crippen molar-refractivity contribution in [1.82, 2.24) is 0 Å². The quantitative estimate of drug-likeness (QED) is 0.0902. The van der Waals surface area contributed by atoms with Crippen molar-refractivity contribution in [2.75, 3.05) is 0 Å². The largest absolute Gasteiger partial charge is 2.00 e. The Bertz CT molecular complexity index is 1860. The number of rotatable bonds is 6. The van der Waals surface area contributed by atoms with Crippen LogP contribution in [-0.4, -0.2) is 23.9 Å². The van der Waals surface area contributed by atoms with Crippen molar-refractivity contribution in [3.8, 4) is 0 Å². The Morgan fingerprint density at radius 3 is 1.13 bits per heavy atom. The van der Waals surface area contributed by atoms with Crippen molar-refractivity contribution in [1.29, 1.82) is 0 Å². The molecule has 0 saturated heterocycles. The molecule has 233 valence electrons. The molecule has 6 nitrogen and oxygen atoms in total. The van der Waals surface area contributed by atoms with Crippen LogP contribution in [0.15, 0.2) is 119 Å². The van der Waals surface area contributed by atoms with E-state index in [4.69, 9.17) is 11.5 Å². The molecule has 7 heteroatoms. The standard InChI is InChI=1S/2C19H20N2O.Cu/c2*1-12(2)18(20)19(22)21-17-9-5-8-15-10-13-6-3-4-7-14(13)11-16(15)17;/h2*3-12,18H,20H2,1-2H3,(H,21,22);/q;;+2/p-2. The molecule has 0 saturated carbocycles. The normalized spacial score (nSPS) is 13.6. The molecule has 4 N–H and O–H groups in total. The van der Waals surface area contributed by atoms with Crippen LogP contribution in [0.3, 0.4) is 0 Å². The van der Waals surface area contributed by atoms with Gasteiger partial charge in [-0.3, -0.25) is 9.98 Å². The minimum absolute atomic E-state index is 0. The van der Waals surface area contributed by atoms with Gasteiger partial charge in [-0.25, -0.2) is 0 Å². The van der Waals surface area contributed by atoms with Crippen molar-refractivity contribution in [2.45, 2.75) is 39.8 Å². The first-order valence-electron chi connectivity index (χ1n) is 15.0. The zero-order chi connectivity index (χ0) is 31.4. The number of nitrogens with two attached hydrogens (primary N) is 2. The Kier molecular flexibility index (Phi) is 11.0. The molecule has 0 aliphatic heterocycles. The number of nitrogens with zero attached hydrogens (tertiary/aromatic N) is 2. The molecule has 0 fully saturated rings. The Morgan fingerprint density at radius 2 is 0.800 bits per heavy atom. The van der Waals surface area contributed by atoms with Crippen molar-refractivity contribution < 1.29 is 27.3 Å². The topological polar surface area (TPSA) is 123 Å². The zero-order valence-electron chi connectivity index (χ0n) is 25.9. The summed E-state index contributed by atoms with van der Waals surface area (Å²) in [5.74, 6) is -0.384. The molecule has 0 aromatic heterocycles. The third kappa shape index (κ3) is 7.70. The molecule has 2 unspecified atom stereocenters. The van der Waals surface area contributed by atoms with Gasteiger partial charge in [-0.2, -0.15) is 0 Å². The summed E-state index contributed by atoms with van der Waals surface area (Å²) in [6.45, 7) is 7.70. The van der Waals surface area contributed by atoms with E-state index in [-0.39, 0.29) is 40.7 Å². The van der Waals surface area contributed by atoms with Gasteiger partial charge in [0.25, 0.3) is 0 Å². The number of hydrogen-bond acceptors (Lipinski definition) is 6. The Morgan fingerprint density at radius 1 is 0.489 bits per heavy atom. The third-order valence-electron chi connectivity index (χ3n) is 7.92. The summed E-state index contributed by atoms with van der Waals surface area (Å²) in [5.41, 5.74) is 13.2. The summed E-state index contributed by atoms with van der Waals surface area (Å²) in [5, 5.41) is 33.1. The molecule has 0 spiro atoms. The van der Waals surface area contributed by atoms with E-state index in [1.807, 2.05) is 88.4 Å². The fourth-order valence-corrected chi connectivity index (χ4v) is 5.05. The predicted octanol–water partition coefficient (Wildman–Crippen LogP) is 6.73. The number of aliphatic imine (C=N–C) groups is 2. The number of hydrogen-bond donors (Lipinski definition) is 2. The summed E-state index contributed by atoms with van der Waals surface area (Å²) >= 11 is 0. The molecule has 1 radical (unpaired) electrons. The number of benzene rings is 6. The van der Waals surface area contributed by atoms with Gasteiger partial charge in [-0.05, 0) is 92.3 Å².